The van der Waals surface area contributed by atoms with Crippen molar-refractivity contribution in [1.82, 2.24) is 15.3 Å². The number of fused-ring (bicyclic) bond motifs is 1. The fraction of sp³-hybridized carbons (Fsp3) is 0.471. The standard InChI is InChI=1S/C17H23N3O4/c1-24-16(22)7-2-3-10-18-15(21)6-4-5-12-8-9-13-14(11-12)20-17(23)19-13/h8-9,11H,2-7,10H2,1H3,(H,18,21)(H2,19,20,23). The Morgan fingerprint density at radius 3 is 2.67 bits per heavy atom. The van der Waals surface area contributed by atoms with E-state index < -0.39 is 0 Å². The number of H-pyrrole nitrogens is 2. The first-order valence-corrected chi connectivity index (χ1v) is 8.13. The van der Waals surface area contributed by atoms with Gasteiger partial charge in [-0.15, -0.1) is 0 Å². The van der Waals surface area contributed by atoms with Gasteiger partial charge in [-0.3, -0.25) is 9.59 Å². The summed E-state index contributed by atoms with van der Waals surface area (Å²) < 4.78 is 4.55. The number of carbonyl (C=O) groups excluding carboxylic acids is 2. The smallest absolute Gasteiger partial charge is 0.323 e. The zero-order chi connectivity index (χ0) is 17.4. The molecule has 1 aromatic heterocycles. The van der Waals surface area contributed by atoms with Crippen molar-refractivity contribution >= 4 is 22.9 Å². The molecule has 1 amide bonds. The number of aromatic amines is 2. The van der Waals surface area contributed by atoms with Gasteiger partial charge in [-0.1, -0.05) is 6.07 Å². The number of nitrogens with one attached hydrogen (secondary N) is 3. The zero-order valence-corrected chi connectivity index (χ0v) is 13.8. The second-order valence-electron chi connectivity index (χ2n) is 5.70. The van der Waals surface area contributed by atoms with Gasteiger partial charge in [-0.25, -0.2) is 4.79 Å². The van der Waals surface area contributed by atoms with Gasteiger partial charge in [0, 0.05) is 19.4 Å². The van der Waals surface area contributed by atoms with Crippen LogP contribution in [-0.4, -0.2) is 35.5 Å². The molecule has 0 saturated carbocycles. The Kier molecular flexibility index (Phi) is 6.60. The van der Waals surface area contributed by atoms with Crippen molar-refractivity contribution in [2.24, 2.45) is 0 Å². The molecule has 7 heteroatoms. The molecule has 0 radical (unpaired) electrons. The number of aryl methyl sites for hydroxylation is 1. The highest BCUT2D eigenvalue weighted by atomic mass is 16.5. The number of hydrogen-bond donors (Lipinski definition) is 3. The second kappa shape index (κ2) is 8.90. The number of methoxy groups -OCH3 is 1. The quantitative estimate of drug-likeness (QED) is 0.479. The zero-order valence-electron chi connectivity index (χ0n) is 13.8. The van der Waals surface area contributed by atoms with Gasteiger partial charge in [0.05, 0.1) is 18.1 Å². The first kappa shape index (κ1) is 17.8. The van der Waals surface area contributed by atoms with Crippen LogP contribution in [0.1, 0.15) is 37.7 Å². The SMILES string of the molecule is COC(=O)CCCCNC(=O)CCCc1ccc2[nH]c(=O)[nH]c2c1. The Labute approximate surface area is 139 Å². The summed E-state index contributed by atoms with van der Waals surface area (Å²) in [5, 5.41) is 2.85. The van der Waals surface area contributed by atoms with E-state index in [9.17, 15) is 14.4 Å². The lowest BCUT2D eigenvalue weighted by molar-refractivity contribution is -0.140. The molecule has 2 aromatic rings. The Hall–Kier alpha value is -2.57. The molecule has 1 aromatic carbocycles. The monoisotopic (exact) mass is 333 g/mol. The van der Waals surface area contributed by atoms with E-state index in [4.69, 9.17) is 0 Å². The number of hydrogen-bond acceptors (Lipinski definition) is 4. The molecule has 0 spiro atoms. The number of esters is 1. The van der Waals surface area contributed by atoms with Crippen molar-refractivity contribution in [3.8, 4) is 0 Å². The average Bonchev–Trinajstić information content (AvgIpc) is 2.93. The third kappa shape index (κ3) is 5.57. The minimum absolute atomic E-state index is 0.0178. The normalized spacial score (nSPS) is 10.7. The predicted molar refractivity (Wildman–Crippen MR) is 90.7 cm³/mol. The Morgan fingerprint density at radius 1 is 1.08 bits per heavy atom. The van der Waals surface area contributed by atoms with E-state index in [0.717, 1.165) is 35.9 Å². The summed E-state index contributed by atoms with van der Waals surface area (Å²) >= 11 is 0. The van der Waals surface area contributed by atoms with Gasteiger partial charge in [0.2, 0.25) is 5.91 Å². The van der Waals surface area contributed by atoms with Gasteiger partial charge in [0.1, 0.15) is 0 Å². The van der Waals surface area contributed by atoms with Crippen molar-refractivity contribution in [1.29, 1.82) is 0 Å². The summed E-state index contributed by atoms with van der Waals surface area (Å²) in [6.07, 6.45) is 3.84. The van der Waals surface area contributed by atoms with E-state index >= 15 is 0 Å². The van der Waals surface area contributed by atoms with Crippen molar-refractivity contribution in [3.05, 3.63) is 34.2 Å². The fourth-order valence-corrected chi connectivity index (χ4v) is 2.50. The number of imidazole rings is 1. The van der Waals surface area contributed by atoms with Crippen molar-refractivity contribution < 1.29 is 14.3 Å². The molecule has 24 heavy (non-hydrogen) atoms. The van der Waals surface area contributed by atoms with Crippen LogP contribution in [0.15, 0.2) is 23.0 Å². The molecule has 130 valence electrons. The van der Waals surface area contributed by atoms with Crippen LogP contribution in [-0.2, 0) is 20.7 Å². The van der Waals surface area contributed by atoms with E-state index in [-0.39, 0.29) is 17.6 Å². The Morgan fingerprint density at radius 2 is 1.88 bits per heavy atom. The van der Waals surface area contributed by atoms with Crippen molar-refractivity contribution in [3.63, 3.8) is 0 Å². The highest BCUT2D eigenvalue weighted by Gasteiger charge is 2.04. The molecule has 0 aliphatic heterocycles. The number of aromatic nitrogens is 2. The number of amides is 1. The second-order valence-corrected chi connectivity index (χ2v) is 5.70. The molecule has 1 heterocycles. The number of carbonyl (C=O) groups is 2. The summed E-state index contributed by atoms with van der Waals surface area (Å²) in [6, 6.07) is 5.75. The van der Waals surface area contributed by atoms with Crippen LogP contribution >= 0.6 is 0 Å². The van der Waals surface area contributed by atoms with Crippen LogP contribution < -0.4 is 11.0 Å². The van der Waals surface area contributed by atoms with Crippen LogP contribution in [0, 0.1) is 0 Å². The number of benzene rings is 1. The Bertz CT molecular complexity index is 748. The minimum atomic E-state index is -0.220. The third-order valence-electron chi connectivity index (χ3n) is 3.81. The largest absolute Gasteiger partial charge is 0.469 e. The number of ether oxygens (including phenoxy) is 1. The van der Waals surface area contributed by atoms with Crippen LogP contribution in [0.5, 0.6) is 0 Å². The van der Waals surface area contributed by atoms with Crippen molar-refractivity contribution in [2.75, 3.05) is 13.7 Å². The number of unbranched alkanes of at least 4 members (excludes halogenated alkanes) is 1. The first-order valence-electron chi connectivity index (χ1n) is 8.13. The molecule has 0 fully saturated rings. The average molecular weight is 333 g/mol. The summed E-state index contributed by atoms with van der Waals surface area (Å²) in [5.74, 6) is -0.203. The topological polar surface area (TPSA) is 104 Å². The molecular weight excluding hydrogens is 310 g/mol. The molecule has 0 saturated heterocycles. The summed E-state index contributed by atoms with van der Waals surface area (Å²) in [5.41, 5.74) is 2.44. The van der Waals surface area contributed by atoms with Gasteiger partial charge in [0.25, 0.3) is 0 Å². The molecule has 0 bridgehead atoms. The van der Waals surface area contributed by atoms with E-state index in [1.165, 1.54) is 7.11 Å². The molecule has 7 nitrogen and oxygen atoms in total. The van der Waals surface area contributed by atoms with E-state index in [0.29, 0.717) is 25.8 Å². The summed E-state index contributed by atoms with van der Waals surface area (Å²) in [6.45, 7) is 0.576. The lowest BCUT2D eigenvalue weighted by atomic mass is 10.1. The van der Waals surface area contributed by atoms with Gasteiger partial charge >= 0.3 is 11.7 Å². The van der Waals surface area contributed by atoms with E-state index in [1.54, 1.807) is 0 Å². The molecule has 0 atom stereocenters. The fourth-order valence-electron chi connectivity index (χ4n) is 2.50. The van der Waals surface area contributed by atoms with Crippen molar-refractivity contribution in [2.45, 2.75) is 38.5 Å². The summed E-state index contributed by atoms with van der Waals surface area (Å²) in [4.78, 5) is 39.3. The van der Waals surface area contributed by atoms with E-state index in [1.807, 2.05) is 18.2 Å². The van der Waals surface area contributed by atoms with Crippen LogP contribution in [0.25, 0.3) is 11.0 Å². The molecule has 0 aliphatic rings. The first-order chi connectivity index (χ1) is 11.6. The third-order valence-corrected chi connectivity index (χ3v) is 3.81. The molecule has 3 N–H and O–H groups in total. The number of rotatable bonds is 9. The maximum absolute atomic E-state index is 11.7. The summed E-state index contributed by atoms with van der Waals surface area (Å²) in [7, 11) is 1.37. The van der Waals surface area contributed by atoms with Gasteiger partial charge in [-0.2, -0.15) is 0 Å². The lowest BCUT2D eigenvalue weighted by Crippen LogP contribution is -2.24. The lowest BCUT2D eigenvalue weighted by Gasteiger charge is -2.05. The minimum Gasteiger partial charge on any atom is -0.469 e. The predicted octanol–water partition coefficient (Wildman–Crippen LogP) is 1.64. The van der Waals surface area contributed by atoms with Crippen LogP contribution in [0.3, 0.4) is 0 Å². The van der Waals surface area contributed by atoms with Crippen LogP contribution in [0.4, 0.5) is 0 Å². The molecule has 0 aliphatic carbocycles. The molecule has 0 unspecified atom stereocenters. The van der Waals surface area contributed by atoms with Gasteiger partial charge < -0.3 is 20.0 Å². The molecule has 2 rings (SSSR count). The highest BCUT2D eigenvalue weighted by Crippen LogP contribution is 2.12. The maximum Gasteiger partial charge on any atom is 0.323 e. The molecular formula is C17H23N3O4. The van der Waals surface area contributed by atoms with E-state index in [2.05, 4.69) is 20.0 Å². The Balaban J connectivity index is 1.63. The maximum atomic E-state index is 11.7. The van der Waals surface area contributed by atoms with Crippen LogP contribution in [0.2, 0.25) is 0 Å². The highest BCUT2D eigenvalue weighted by molar-refractivity contribution is 5.76. The van der Waals surface area contributed by atoms with Gasteiger partial charge in [0.15, 0.2) is 0 Å². The van der Waals surface area contributed by atoms with Gasteiger partial charge in [-0.05, 0) is 43.4 Å².